The number of carbonyl (C=O) groups excluding carboxylic acids is 1. The second-order valence-electron chi connectivity index (χ2n) is 4.60. The lowest BCUT2D eigenvalue weighted by atomic mass is 9.96. The summed E-state index contributed by atoms with van der Waals surface area (Å²) in [5, 5.41) is 2.84. The molecule has 0 aromatic carbocycles. The Balaban J connectivity index is 2.43. The third-order valence-corrected chi connectivity index (χ3v) is 2.59. The number of amides is 1. The molecule has 0 unspecified atom stereocenters. The zero-order valence-electron chi connectivity index (χ0n) is 9.60. The van der Waals surface area contributed by atoms with E-state index in [9.17, 15) is 4.79 Å². The monoisotopic (exact) mass is 205 g/mol. The molecule has 0 radical (unpaired) electrons. The summed E-state index contributed by atoms with van der Waals surface area (Å²) in [7, 11) is 0. The van der Waals surface area contributed by atoms with Crippen molar-refractivity contribution in [3.05, 3.63) is 11.6 Å². The van der Waals surface area contributed by atoms with Gasteiger partial charge in [0.2, 0.25) is 5.91 Å². The van der Waals surface area contributed by atoms with Gasteiger partial charge in [-0.25, -0.2) is 0 Å². The molecule has 0 saturated carbocycles. The van der Waals surface area contributed by atoms with Crippen molar-refractivity contribution >= 4 is 5.91 Å². The number of allylic oxidation sites excluding steroid dienone is 1. The average Bonchev–Trinajstić information content (AvgIpc) is 2.18. The van der Waals surface area contributed by atoms with Crippen molar-refractivity contribution in [3.8, 4) is 12.3 Å². The maximum Gasteiger partial charge on any atom is 0.225 e. The predicted octanol–water partition coefficient (Wildman–Crippen LogP) is 2.40. The zero-order valence-corrected chi connectivity index (χ0v) is 9.60. The van der Waals surface area contributed by atoms with E-state index in [1.807, 2.05) is 13.8 Å². The Morgan fingerprint density at radius 3 is 2.87 bits per heavy atom. The molecule has 2 nitrogen and oxygen atoms in total. The summed E-state index contributed by atoms with van der Waals surface area (Å²) in [6, 6.07) is 0. The number of hydrogen-bond donors (Lipinski definition) is 1. The molecule has 1 aliphatic carbocycles. The molecule has 0 atom stereocenters. The lowest BCUT2D eigenvalue weighted by molar-refractivity contribution is -0.121. The number of hydrogen-bond acceptors (Lipinski definition) is 1. The van der Waals surface area contributed by atoms with Gasteiger partial charge in [-0.15, -0.1) is 6.42 Å². The quantitative estimate of drug-likeness (QED) is 0.556. The Hall–Kier alpha value is -1.23. The number of rotatable bonds is 3. The molecule has 0 aliphatic heterocycles. The van der Waals surface area contributed by atoms with Crippen molar-refractivity contribution in [2.75, 3.05) is 0 Å². The Labute approximate surface area is 92.1 Å². The minimum absolute atomic E-state index is 0.0334. The molecule has 82 valence electrons. The van der Waals surface area contributed by atoms with Gasteiger partial charge in [0, 0.05) is 6.42 Å². The molecule has 0 spiro atoms. The van der Waals surface area contributed by atoms with Gasteiger partial charge in [-0.2, -0.15) is 0 Å². The van der Waals surface area contributed by atoms with Crippen LogP contribution in [0.4, 0.5) is 0 Å². The van der Waals surface area contributed by atoms with Crippen molar-refractivity contribution in [1.29, 1.82) is 0 Å². The van der Waals surface area contributed by atoms with Gasteiger partial charge in [0.15, 0.2) is 0 Å². The van der Waals surface area contributed by atoms with E-state index in [0.29, 0.717) is 6.42 Å². The van der Waals surface area contributed by atoms with Gasteiger partial charge in [0.05, 0.1) is 5.54 Å². The highest BCUT2D eigenvalue weighted by Crippen LogP contribution is 2.20. The molecule has 1 aliphatic rings. The molecule has 15 heavy (non-hydrogen) atoms. The van der Waals surface area contributed by atoms with Crippen molar-refractivity contribution in [3.63, 3.8) is 0 Å². The lowest BCUT2D eigenvalue weighted by Crippen LogP contribution is -2.42. The highest BCUT2D eigenvalue weighted by Gasteiger charge is 2.17. The van der Waals surface area contributed by atoms with Gasteiger partial charge >= 0.3 is 0 Å². The molecule has 0 heterocycles. The number of terminal acetylenes is 1. The molecule has 1 amide bonds. The van der Waals surface area contributed by atoms with E-state index in [4.69, 9.17) is 6.42 Å². The predicted molar refractivity (Wildman–Crippen MR) is 62.2 cm³/mol. The van der Waals surface area contributed by atoms with Crippen LogP contribution >= 0.6 is 0 Å². The standard InChI is InChI=1S/C13H19NO/c1-4-13(2,3)14-12(15)10-11-8-6-5-7-9-11/h1,8H,5-7,9-10H2,2-3H3,(H,14,15). The van der Waals surface area contributed by atoms with Crippen LogP contribution in [-0.2, 0) is 4.79 Å². The van der Waals surface area contributed by atoms with Crippen LogP contribution in [0, 0.1) is 12.3 Å². The molecule has 2 heteroatoms. The summed E-state index contributed by atoms with van der Waals surface area (Å²) in [6.07, 6.45) is 12.6. The van der Waals surface area contributed by atoms with Crippen molar-refractivity contribution in [1.82, 2.24) is 5.32 Å². The molecule has 0 aromatic heterocycles. The van der Waals surface area contributed by atoms with E-state index in [1.165, 1.54) is 18.4 Å². The maximum absolute atomic E-state index is 11.6. The minimum atomic E-state index is -0.535. The first-order valence-corrected chi connectivity index (χ1v) is 5.50. The second-order valence-corrected chi connectivity index (χ2v) is 4.60. The van der Waals surface area contributed by atoms with E-state index < -0.39 is 5.54 Å². The third-order valence-electron chi connectivity index (χ3n) is 2.59. The van der Waals surface area contributed by atoms with E-state index in [0.717, 1.165) is 12.8 Å². The van der Waals surface area contributed by atoms with Gasteiger partial charge in [-0.3, -0.25) is 4.79 Å². The minimum Gasteiger partial charge on any atom is -0.340 e. The van der Waals surface area contributed by atoms with E-state index in [-0.39, 0.29) is 5.91 Å². The largest absolute Gasteiger partial charge is 0.340 e. The first-order valence-electron chi connectivity index (χ1n) is 5.50. The highest BCUT2D eigenvalue weighted by atomic mass is 16.1. The molecule has 0 aromatic rings. The summed E-state index contributed by atoms with van der Waals surface area (Å²) < 4.78 is 0. The van der Waals surface area contributed by atoms with Gasteiger partial charge in [-0.1, -0.05) is 17.6 Å². The molecular weight excluding hydrogens is 186 g/mol. The van der Waals surface area contributed by atoms with Crippen LogP contribution in [-0.4, -0.2) is 11.4 Å². The summed E-state index contributed by atoms with van der Waals surface area (Å²) in [5.41, 5.74) is 0.721. The molecule has 0 saturated heterocycles. The first kappa shape index (κ1) is 11.8. The lowest BCUT2D eigenvalue weighted by Gasteiger charge is -2.20. The van der Waals surface area contributed by atoms with Crippen LogP contribution < -0.4 is 5.32 Å². The molecule has 0 bridgehead atoms. The summed E-state index contributed by atoms with van der Waals surface area (Å²) >= 11 is 0. The van der Waals surface area contributed by atoms with Crippen LogP contribution in [0.5, 0.6) is 0 Å². The van der Waals surface area contributed by atoms with E-state index >= 15 is 0 Å². The van der Waals surface area contributed by atoms with Gasteiger partial charge in [0.1, 0.15) is 0 Å². The summed E-state index contributed by atoms with van der Waals surface area (Å²) in [5.74, 6) is 2.59. The van der Waals surface area contributed by atoms with Gasteiger partial charge in [-0.05, 0) is 39.5 Å². The van der Waals surface area contributed by atoms with Crippen LogP contribution in [0.1, 0.15) is 46.0 Å². The fraction of sp³-hybridized carbons (Fsp3) is 0.615. The van der Waals surface area contributed by atoms with E-state index in [1.54, 1.807) is 0 Å². The van der Waals surface area contributed by atoms with Crippen molar-refractivity contribution in [2.24, 2.45) is 0 Å². The first-order chi connectivity index (χ1) is 7.03. The maximum atomic E-state index is 11.6. The Morgan fingerprint density at radius 1 is 1.60 bits per heavy atom. The fourth-order valence-electron chi connectivity index (χ4n) is 1.70. The van der Waals surface area contributed by atoms with Crippen LogP contribution in [0.15, 0.2) is 11.6 Å². The number of carbonyl (C=O) groups is 1. The van der Waals surface area contributed by atoms with Crippen LogP contribution in [0.3, 0.4) is 0 Å². The van der Waals surface area contributed by atoms with Crippen molar-refractivity contribution < 1.29 is 4.79 Å². The second kappa shape index (κ2) is 5.02. The van der Waals surface area contributed by atoms with E-state index in [2.05, 4.69) is 17.3 Å². The Bertz CT molecular complexity index is 307. The number of nitrogens with one attached hydrogen (secondary N) is 1. The molecule has 1 rings (SSSR count). The van der Waals surface area contributed by atoms with Crippen LogP contribution in [0.25, 0.3) is 0 Å². The topological polar surface area (TPSA) is 29.1 Å². The molecule has 0 fully saturated rings. The normalized spacial score (nSPS) is 16.5. The molecular formula is C13H19NO. The smallest absolute Gasteiger partial charge is 0.225 e. The SMILES string of the molecule is C#CC(C)(C)NC(=O)CC1=CCCCC1. The molecule has 1 N–H and O–H groups in total. The van der Waals surface area contributed by atoms with Gasteiger partial charge < -0.3 is 5.32 Å². The summed E-state index contributed by atoms with van der Waals surface area (Å²) in [4.78, 5) is 11.6. The van der Waals surface area contributed by atoms with Crippen LogP contribution in [0.2, 0.25) is 0 Å². The fourth-order valence-corrected chi connectivity index (χ4v) is 1.70. The Kier molecular flexibility index (Phi) is 3.96. The van der Waals surface area contributed by atoms with Gasteiger partial charge in [0.25, 0.3) is 0 Å². The zero-order chi connectivity index (χ0) is 11.3. The van der Waals surface area contributed by atoms with Crippen molar-refractivity contribution in [2.45, 2.75) is 51.5 Å². The summed E-state index contributed by atoms with van der Waals surface area (Å²) in [6.45, 7) is 3.67. The average molecular weight is 205 g/mol. The third kappa shape index (κ3) is 4.20. The highest BCUT2D eigenvalue weighted by molar-refractivity contribution is 5.79. The Morgan fingerprint density at radius 2 is 2.33 bits per heavy atom.